The van der Waals surface area contributed by atoms with E-state index < -0.39 is 0 Å². The van der Waals surface area contributed by atoms with Gasteiger partial charge in [-0.25, -0.2) is 0 Å². The standard InChI is InChI=1S/C15H13NO2/c17-13(10-12-6-3-4-8-16-12)15-9-11-5-1-2-7-14(11)18-15/h1-8,15H,9-10H2. The number of Topliss-reactive ketones (excluding diaryl/α,β-unsaturated/α-hetero) is 1. The molecule has 3 rings (SSSR count). The lowest BCUT2D eigenvalue weighted by atomic mass is 10.0. The molecule has 18 heavy (non-hydrogen) atoms. The lowest BCUT2D eigenvalue weighted by Gasteiger charge is -2.08. The van der Waals surface area contributed by atoms with Gasteiger partial charge < -0.3 is 4.74 Å². The fourth-order valence-corrected chi connectivity index (χ4v) is 2.16. The summed E-state index contributed by atoms with van der Waals surface area (Å²) in [5, 5.41) is 0. The third-order valence-corrected chi connectivity index (χ3v) is 3.09. The number of carbonyl (C=O) groups excluding carboxylic acids is 1. The van der Waals surface area contributed by atoms with Crippen LogP contribution in [0.25, 0.3) is 0 Å². The Hall–Kier alpha value is -2.16. The van der Waals surface area contributed by atoms with Crippen LogP contribution in [-0.4, -0.2) is 16.9 Å². The number of fused-ring (bicyclic) bond motifs is 1. The Morgan fingerprint density at radius 3 is 2.83 bits per heavy atom. The Balaban J connectivity index is 1.70. The summed E-state index contributed by atoms with van der Waals surface area (Å²) in [6, 6.07) is 13.4. The van der Waals surface area contributed by atoms with Gasteiger partial charge in [0, 0.05) is 18.3 Å². The van der Waals surface area contributed by atoms with Gasteiger partial charge >= 0.3 is 0 Å². The van der Waals surface area contributed by atoms with Gasteiger partial charge in [0.1, 0.15) is 5.75 Å². The third-order valence-electron chi connectivity index (χ3n) is 3.09. The molecule has 0 amide bonds. The number of hydrogen-bond donors (Lipinski definition) is 0. The maximum absolute atomic E-state index is 12.1. The van der Waals surface area contributed by atoms with E-state index in [9.17, 15) is 4.79 Å². The Kier molecular flexibility index (Phi) is 2.81. The molecule has 3 heteroatoms. The number of carbonyl (C=O) groups is 1. The summed E-state index contributed by atoms with van der Waals surface area (Å²) in [5.74, 6) is 0.918. The second-order valence-corrected chi connectivity index (χ2v) is 4.38. The van der Waals surface area contributed by atoms with Crippen LogP contribution in [0, 0.1) is 0 Å². The zero-order chi connectivity index (χ0) is 12.4. The number of benzene rings is 1. The fraction of sp³-hybridized carbons (Fsp3) is 0.200. The molecular formula is C15H13NO2. The van der Waals surface area contributed by atoms with Crippen LogP contribution in [0.15, 0.2) is 48.7 Å². The normalized spacial score (nSPS) is 17.0. The van der Waals surface area contributed by atoms with Gasteiger partial charge in [-0.15, -0.1) is 0 Å². The van der Waals surface area contributed by atoms with Crippen molar-refractivity contribution in [3.05, 3.63) is 59.9 Å². The molecule has 1 unspecified atom stereocenters. The smallest absolute Gasteiger partial charge is 0.179 e. The Bertz CT molecular complexity index is 541. The molecule has 1 aromatic carbocycles. The topological polar surface area (TPSA) is 39.2 Å². The molecular weight excluding hydrogens is 226 g/mol. The molecule has 90 valence electrons. The van der Waals surface area contributed by atoms with Gasteiger partial charge in [-0.2, -0.15) is 0 Å². The summed E-state index contributed by atoms with van der Waals surface area (Å²) in [7, 11) is 0. The average molecular weight is 239 g/mol. The zero-order valence-electron chi connectivity index (χ0n) is 9.87. The van der Waals surface area contributed by atoms with Crippen LogP contribution < -0.4 is 4.74 Å². The van der Waals surface area contributed by atoms with Crippen LogP contribution in [0.3, 0.4) is 0 Å². The molecule has 0 spiro atoms. The molecule has 0 fully saturated rings. The molecule has 0 radical (unpaired) electrons. The van der Waals surface area contributed by atoms with E-state index in [4.69, 9.17) is 4.74 Å². The predicted molar refractivity (Wildman–Crippen MR) is 67.5 cm³/mol. The van der Waals surface area contributed by atoms with E-state index in [1.807, 2.05) is 42.5 Å². The van der Waals surface area contributed by atoms with Gasteiger partial charge in [-0.1, -0.05) is 24.3 Å². The predicted octanol–water partition coefficient (Wildman–Crippen LogP) is 2.20. The maximum atomic E-state index is 12.1. The largest absolute Gasteiger partial charge is 0.482 e. The number of ketones is 1. The summed E-state index contributed by atoms with van der Waals surface area (Å²) in [6.45, 7) is 0. The van der Waals surface area contributed by atoms with E-state index in [1.54, 1.807) is 6.20 Å². The van der Waals surface area contributed by atoms with Crippen LogP contribution in [0.4, 0.5) is 0 Å². The Morgan fingerprint density at radius 1 is 1.22 bits per heavy atom. The van der Waals surface area contributed by atoms with Gasteiger partial charge in [-0.05, 0) is 23.8 Å². The number of hydrogen-bond acceptors (Lipinski definition) is 3. The van der Waals surface area contributed by atoms with E-state index in [0.29, 0.717) is 12.8 Å². The van der Waals surface area contributed by atoms with Crippen LogP contribution >= 0.6 is 0 Å². The van der Waals surface area contributed by atoms with E-state index in [-0.39, 0.29) is 11.9 Å². The highest BCUT2D eigenvalue weighted by molar-refractivity contribution is 5.86. The zero-order valence-corrected chi connectivity index (χ0v) is 9.87. The second-order valence-electron chi connectivity index (χ2n) is 4.38. The van der Waals surface area contributed by atoms with Crippen molar-refractivity contribution in [1.82, 2.24) is 4.98 Å². The number of aromatic nitrogens is 1. The summed E-state index contributed by atoms with van der Waals surface area (Å²) >= 11 is 0. The van der Waals surface area contributed by atoms with Crippen LogP contribution in [0.5, 0.6) is 5.75 Å². The highest BCUT2D eigenvalue weighted by atomic mass is 16.5. The lowest BCUT2D eigenvalue weighted by molar-refractivity contribution is -0.124. The number of para-hydroxylation sites is 1. The summed E-state index contributed by atoms with van der Waals surface area (Å²) in [6.07, 6.45) is 2.35. The molecule has 1 aliphatic heterocycles. The minimum absolute atomic E-state index is 0.0879. The van der Waals surface area contributed by atoms with Crippen LogP contribution in [0.1, 0.15) is 11.3 Å². The maximum Gasteiger partial charge on any atom is 0.179 e. The van der Waals surface area contributed by atoms with Gasteiger partial charge in [0.2, 0.25) is 0 Å². The van der Waals surface area contributed by atoms with Crippen LogP contribution in [0.2, 0.25) is 0 Å². The number of nitrogens with zero attached hydrogens (tertiary/aromatic N) is 1. The minimum atomic E-state index is -0.357. The van der Waals surface area contributed by atoms with Crippen molar-refractivity contribution in [2.24, 2.45) is 0 Å². The first kappa shape index (κ1) is 11.0. The lowest BCUT2D eigenvalue weighted by Crippen LogP contribution is -2.27. The molecule has 2 heterocycles. The van der Waals surface area contributed by atoms with E-state index in [0.717, 1.165) is 17.0 Å². The van der Waals surface area contributed by atoms with Crippen LogP contribution in [-0.2, 0) is 17.6 Å². The molecule has 3 nitrogen and oxygen atoms in total. The highest BCUT2D eigenvalue weighted by Gasteiger charge is 2.28. The molecule has 1 aromatic heterocycles. The van der Waals surface area contributed by atoms with Gasteiger partial charge in [-0.3, -0.25) is 9.78 Å². The molecule has 1 atom stereocenters. The van der Waals surface area contributed by atoms with Crippen molar-refractivity contribution in [3.63, 3.8) is 0 Å². The van der Waals surface area contributed by atoms with Gasteiger partial charge in [0.05, 0.1) is 6.42 Å². The van der Waals surface area contributed by atoms with Crippen molar-refractivity contribution in [2.75, 3.05) is 0 Å². The summed E-state index contributed by atoms with van der Waals surface area (Å²) < 4.78 is 5.66. The molecule has 0 N–H and O–H groups in total. The molecule has 0 bridgehead atoms. The molecule has 2 aromatic rings. The Labute approximate surface area is 105 Å². The Morgan fingerprint density at radius 2 is 2.06 bits per heavy atom. The van der Waals surface area contributed by atoms with E-state index in [2.05, 4.69) is 4.98 Å². The number of pyridine rings is 1. The molecule has 0 aliphatic carbocycles. The molecule has 0 saturated carbocycles. The van der Waals surface area contributed by atoms with Crippen molar-refractivity contribution in [3.8, 4) is 5.75 Å². The first-order valence-corrected chi connectivity index (χ1v) is 6.00. The minimum Gasteiger partial charge on any atom is -0.482 e. The summed E-state index contributed by atoms with van der Waals surface area (Å²) in [5.41, 5.74) is 1.90. The number of rotatable bonds is 3. The summed E-state index contributed by atoms with van der Waals surface area (Å²) in [4.78, 5) is 16.3. The second kappa shape index (κ2) is 4.61. The van der Waals surface area contributed by atoms with E-state index in [1.165, 1.54) is 0 Å². The number of ether oxygens (including phenoxy) is 1. The monoisotopic (exact) mass is 239 g/mol. The third kappa shape index (κ3) is 2.12. The average Bonchev–Trinajstić information content (AvgIpc) is 2.84. The van der Waals surface area contributed by atoms with Crippen molar-refractivity contribution in [1.29, 1.82) is 0 Å². The first-order chi connectivity index (χ1) is 8.83. The SMILES string of the molecule is O=C(Cc1ccccn1)C1Cc2ccccc2O1. The van der Waals surface area contributed by atoms with Gasteiger partial charge in [0.25, 0.3) is 0 Å². The van der Waals surface area contributed by atoms with E-state index >= 15 is 0 Å². The van der Waals surface area contributed by atoms with Crippen molar-refractivity contribution in [2.45, 2.75) is 18.9 Å². The fourth-order valence-electron chi connectivity index (χ4n) is 2.16. The highest BCUT2D eigenvalue weighted by Crippen LogP contribution is 2.28. The van der Waals surface area contributed by atoms with Crippen molar-refractivity contribution >= 4 is 5.78 Å². The molecule has 0 saturated heterocycles. The van der Waals surface area contributed by atoms with Gasteiger partial charge in [0.15, 0.2) is 11.9 Å². The van der Waals surface area contributed by atoms with Crippen molar-refractivity contribution < 1.29 is 9.53 Å². The first-order valence-electron chi connectivity index (χ1n) is 6.00. The quantitative estimate of drug-likeness (QED) is 0.824. The molecule has 1 aliphatic rings.